The molecule has 8 aromatic carbocycles. The highest BCUT2D eigenvalue weighted by molar-refractivity contribution is 7.22. The molecule has 0 N–H and O–H groups in total. The van der Waals surface area contributed by atoms with Crippen molar-refractivity contribution >= 4 is 50.6 Å². The molecular formula is C58H38N4Si. The molecule has 0 unspecified atom stereocenters. The zero-order valence-electron chi connectivity index (χ0n) is 34.2. The molecule has 0 atom stereocenters. The van der Waals surface area contributed by atoms with Gasteiger partial charge < -0.3 is 0 Å². The fourth-order valence-corrected chi connectivity index (χ4v) is 14.8. The topological polar surface area (TPSA) is 51.6 Å². The molecule has 11 aromatic rings. The summed E-state index contributed by atoms with van der Waals surface area (Å²) in [5.74, 6) is 0.682. The Morgan fingerprint density at radius 3 is 1.52 bits per heavy atom. The van der Waals surface area contributed by atoms with Crippen LogP contribution in [0.15, 0.2) is 231 Å². The van der Waals surface area contributed by atoms with E-state index in [0.717, 1.165) is 66.7 Å². The maximum Gasteiger partial charge on any atom is 0.180 e. The SMILES string of the molecule is c1ccc(-c2nc(-c3ccc(-c4ccc([Si]5(c6ccccc6)c6ccccc6-c6ccccc65)cc4)cc3)cc(-c3cccc(-c4ccc5ccc6cccnc6c5n4)c3)n2)cc1. The van der Waals surface area contributed by atoms with Crippen molar-refractivity contribution in [2.75, 3.05) is 0 Å². The number of pyridine rings is 2. The third-order valence-electron chi connectivity index (χ3n) is 12.6. The molecule has 0 saturated carbocycles. The van der Waals surface area contributed by atoms with E-state index in [1.807, 2.05) is 30.5 Å². The van der Waals surface area contributed by atoms with Crippen LogP contribution in [0.3, 0.4) is 0 Å². The maximum absolute atomic E-state index is 5.15. The molecule has 12 rings (SSSR count). The van der Waals surface area contributed by atoms with E-state index in [-0.39, 0.29) is 0 Å². The molecule has 4 heterocycles. The summed E-state index contributed by atoms with van der Waals surface area (Å²) in [4.78, 5) is 20.1. The Balaban J connectivity index is 0.906. The number of fused-ring (bicyclic) bond motifs is 6. The Kier molecular flexibility index (Phi) is 8.80. The smallest absolute Gasteiger partial charge is 0.180 e. The summed E-state index contributed by atoms with van der Waals surface area (Å²) in [5.41, 5.74) is 13.4. The van der Waals surface area contributed by atoms with E-state index in [0.29, 0.717) is 5.82 Å². The van der Waals surface area contributed by atoms with Crippen molar-refractivity contribution in [2.45, 2.75) is 0 Å². The minimum Gasteiger partial charge on any atom is -0.254 e. The number of hydrogen-bond donors (Lipinski definition) is 0. The molecule has 294 valence electrons. The summed E-state index contributed by atoms with van der Waals surface area (Å²) < 4.78 is 0. The van der Waals surface area contributed by atoms with Gasteiger partial charge >= 0.3 is 0 Å². The zero-order valence-corrected chi connectivity index (χ0v) is 35.2. The van der Waals surface area contributed by atoms with Crippen molar-refractivity contribution in [3.05, 3.63) is 231 Å². The fourth-order valence-electron chi connectivity index (χ4n) is 9.64. The monoisotopic (exact) mass is 818 g/mol. The second-order valence-corrected chi connectivity index (χ2v) is 19.9. The minimum absolute atomic E-state index is 0.682. The van der Waals surface area contributed by atoms with E-state index in [1.165, 1.54) is 37.4 Å². The van der Waals surface area contributed by atoms with Gasteiger partial charge in [0, 0.05) is 39.2 Å². The van der Waals surface area contributed by atoms with Crippen LogP contribution in [-0.4, -0.2) is 28.0 Å². The van der Waals surface area contributed by atoms with Crippen LogP contribution < -0.4 is 20.7 Å². The van der Waals surface area contributed by atoms with Crippen LogP contribution in [0.4, 0.5) is 0 Å². The lowest BCUT2D eigenvalue weighted by molar-refractivity contribution is 1.18. The molecule has 0 saturated heterocycles. The standard InChI is InChI=1S/C58H38N4Si/c1-3-13-44(14-4-1)58-61-52(38-53(62-58)46-16-11-15-45(37-46)51-35-32-43-29-28-42-17-12-36-59-56(42)57(43)60-51)41-26-24-39(25-27-41)40-30-33-48(34-31-40)63(47-18-5-2-6-19-47)54-22-9-7-20-49(54)50-21-8-10-23-55(50)63/h1-38H. The summed E-state index contributed by atoms with van der Waals surface area (Å²) in [6, 6.07) is 80.7. The van der Waals surface area contributed by atoms with E-state index in [4.69, 9.17) is 15.0 Å². The maximum atomic E-state index is 5.15. The van der Waals surface area contributed by atoms with E-state index >= 15 is 0 Å². The number of rotatable bonds is 7. The Bertz CT molecular complexity index is 3450. The summed E-state index contributed by atoms with van der Waals surface area (Å²) in [6.45, 7) is 0. The number of aromatic nitrogens is 4. The molecule has 1 aliphatic heterocycles. The van der Waals surface area contributed by atoms with Crippen LogP contribution >= 0.6 is 0 Å². The Labute approximate surface area is 367 Å². The van der Waals surface area contributed by atoms with Gasteiger partial charge in [0.2, 0.25) is 0 Å². The quantitative estimate of drug-likeness (QED) is 0.119. The largest absolute Gasteiger partial charge is 0.254 e. The van der Waals surface area contributed by atoms with E-state index in [1.54, 1.807) is 0 Å². The molecule has 5 heteroatoms. The zero-order chi connectivity index (χ0) is 41.7. The Morgan fingerprint density at radius 2 is 0.825 bits per heavy atom. The predicted octanol–water partition coefficient (Wildman–Crippen LogP) is 11.3. The van der Waals surface area contributed by atoms with E-state index < -0.39 is 8.07 Å². The van der Waals surface area contributed by atoms with Crippen molar-refractivity contribution < 1.29 is 0 Å². The Morgan fingerprint density at radius 1 is 0.302 bits per heavy atom. The van der Waals surface area contributed by atoms with Gasteiger partial charge in [-0.1, -0.05) is 200 Å². The van der Waals surface area contributed by atoms with Gasteiger partial charge in [-0.05, 0) is 67.3 Å². The molecular weight excluding hydrogens is 781 g/mol. The summed E-state index contributed by atoms with van der Waals surface area (Å²) in [6.07, 6.45) is 1.83. The van der Waals surface area contributed by atoms with Crippen molar-refractivity contribution in [3.63, 3.8) is 0 Å². The first-order chi connectivity index (χ1) is 31.2. The average Bonchev–Trinajstić information content (AvgIpc) is 3.68. The van der Waals surface area contributed by atoms with Gasteiger partial charge in [-0.2, -0.15) is 0 Å². The van der Waals surface area contributed by atoms with Gasteiger partial charge in [0.1, 0.15) is 0 Å². The lowest BCUT2D eigenvalue weighted by Crippen LogP contribution is -2.72. The van der Waals surface area contributed by atoms with E-state index in [2.05, 4.69) is 205 Å². The predicted molar refractivity (Wildman–Crippen MR) is 262 cm³/mol. The molecule has 0 bridgehead atoms. The molecule has 3 aromatic heterocycles. The lowest BCUT2D eigenvalue weighted by atomic mass is 10.0. The second kappa shape index (κ2) is 15.1. The molecule has 4 nitrogen and oxygen atoms in total. The third-order valence-corrected chi connectivity index (χ3v) is 17.5. The highest BCUT2D eigenvalue weighted by Crippen LogP contribution is 2.33. The van der Waals surface area contributed by atoms with Crippen LogP contribution in [0.25, 0.3) is 89.2 Å². The van der Waals surface area contributed by atoms with Gasteiger partial charge in [0.05, 0.1) is 28.1 Å². The minimum atomic E-state index is -2.53. The van der Waals surface area contributed by atoms with Gasteiger partial charge in [0.25, 0.3) is 0 Å². The highest BCUT2D eigenvalue weighted by atomic mass is 28.3. The molecule has 0 fully saturated rings. The average molecular weight is 819 g/mol. The number of benzene rings is 8. The van der Waals surface area contributed by atoms with Gasteiger partial charge in [0.15, 0.2) is 13.9 Å². The lowest BCUT2D eigenvalue weighted by Gasteiger charge is -2.31. The first-order valence-corrected chi connectivity index (χ1v) is 23.4. The molecule has 0 amide bonds. The van der Waals surface area contributed by atoms with Gasteiger partial charge in [-0.15, -0.1) is 0 Å². The highest BCUT2D eigenvalue weighted by Gasteiger charge is 2.48. The summed E-state index contributed by atoms with van der Waals surface area (Å²) in [7, 11) is -2.53. The van der Waals surface area contributed by atoms with E-state index in [9.17, 15) is 0 Å². The first kappa shape index (κ1) is 36.7. The number of nitrogens with zero attached hydrogens (tertiary/aromatic N) is 4. The van der Waals surface area contributed by atoms with Crippen molar-refractivity contribution in [2.24, 2.45) is 0 Å². The van der Waals surface area contributed by atoms with Crippen molar-refractivity contribution in [1.82, 2.24) is 19.9 Å². The van der Waals surface area contributed by atoms with Crippen LogP contribution in [0.5, 0.6) is 0 Å². The molecule has 0 aliphatic carbocycles. The van der Waals surface area contributed by atoms with Crippen LogP contribution in [-0.2, 0) is 0 Å². The molecule has 0 spiro atoms. The third kappa shape index (κ3) is 6.20. The van der Waals surface area contributed by atoms with Crippen LogP contribution in [0.2, 0.25) is 0 Å². The van der Waals surface area contributed by atoms with Gasteiger partial charge in [-0.25, -0.2) is 15.0 Å². The Hall–Kier alpha value is -8.12. The first-order valence-electron chi connectivity index (χ1n) is 21.4. The molecule has 63 heavy (non-hydrogen) atoms. The van der Waals surface area contributed by atoms with Crippen molar-refractivity contribution in [3.8, 4) is 67.4 Å². The summed E-state index contributed by atoms with van der Waals surface area (Å²) >= 11 is 0. The molecule has 0 radical (unpaired) electrons. The molecule has 1 aliphatic rings. The normalized spacial score (nSPS) is 12.6. The summed E-state index contributed by atoms with van der Waals surface area (Å²) in [5, 5.41) is 7.85. The van der Waals surface area contributed by atoms with Crippen LogP contribution in [0, 0.1) is 0 Å². The van der Waals surface area contributed by atoms with Crippen molar-refractivity contribution in [1.29, 1.82) is 0 Å². The fraction of sp³-hybridized carbons (Fsp3) is 0. The van der Waals surface area contributed by atoms with Gasteiger partial charge in [-0.3, -0.25) is 4.98 Å². The van der Waals surface area contributed by atoms with Crippen LogP contribution in [0.1, 0.15) is 0 Å². The second-order valence-electron chi connectivity index (χ2n) is 16.2. The number of hydrogen-bond acceptors (Lipinski definition) is 4.